The number of hydrogen-bond acceptors (Lipinski definition) is 8. The molecule has 2 aromatic carbocycles. The molecule has 0 heterocycles. The van der Waals surface area contributed by atoms with Gasteiger partial charge in [0.2, 0.25) is 5.91 Å². The summed E-state index contributed by atoms with van der Waals surface area (Å²) in [6.45, 7) is 5.76. The van der Waals surface area contributed by atoms with E-state index in [2.05, 4.69) is 15.8 Å². The van der Waals surface area contributed by atoms with Gasteiger partial charge in [0, 0.05) is 23.2 Å². The van der Waals surface area contributed by atoms with Crippen LogP contribution in [0.3, 0.4) is 0 Å². The van der Waals surface area contributed by atoms with Gasteiger partial charge in [0.05, 0.1) is 23.3 Å². The van der Waals surface area contributed by atoms with Gasteiger partial charge in [0.15, 0.2) is 5.78 Å². The smallest absolute Gasteiger partial charge is 0.337 e. The number of nitro groups is 1. The maximum Gasteiger partial charge on any atom is 0.337 e. The monoisotopic (exact) mass is 478 g/mol. The zero-order valence-corrected chi connectivity index (χ0v) is 19.9. The molecule has 2 saturated carbocycles. The van der Waals surface area contributed by atoms with Gasteiger partial charge in [0.1, 0.15) is 11.1 Å². The number of esters is 1. The van der Waals surface area contributed by atoms with Crippen LogP contribution in [0, 0.1) is 26.4 Å². The van der Waals surface area contributed by atoms with Crippen molar-refractivity contribution in [1.82, 2.24) is 0 Å². The van der Waals surface area contributed by atoms with Gasteiger partial charge in [-0.1, -0.05) is 20.8 Å². The van der Waals surface area contributed by atoms with E-state index in [9.17, 15) is 24.5 Å². The number of amides is 1. The van der Waals surface area contributed by atoms with Gasteiger partial charge in [-0.3, -0.25) is 25.1 Å². The maximum absolute atomic E-state index is 13.7. The first-order valence-corrected chi connectivity index (χ1v) is 11.1. The highest BCUT2D eigenvalue weighted by atomic mass is 16.6. The Kier molecular flexibility index (Phi) is 5.70. The first-order valence-electron chi connectivity index (χ1n) is 11.1. The van der Waals surface area contributed by atoms with Crippen molar-refractivity contribution in [3.05, 3.63) is 64.2 Å². The zero-order chi connectivity index (χ0) is 25.6. The van der Waals surface area contributed by atoms with Gasteiger partial charge in [0.25, 0.3) is 5.69 Å². The fraction of sp³-hybridized carbons (Fsp3) is 0.360. The van der Waals surface area contributed by atoms with E-state index in [1.807, 2.05) is 20.8 Å². The summed E-state index contributed by atoms with van der Waals surface area (Å²) >= 11 is 0. The fourth-order valence-electron chi connectivity index (χ4n) is 5.30. The molecule has 1 amide bonds. The fourth-order valence-corrected chi connectivity index (χ4v) is 5.30. The highest BCUT2D eigenvalue weighted by molar-refractivity contribution is 6.51. The summed E-state index contributed by atoms with van der Waals surface area (Å²) in [5, 5.41) is 18.1. The Morgan fingerprint density at radius 1 is 1.00 bits per heavy atom. The van der Waals surface area contributed by atoms with Crippen LogP contribution in [0.2, 0.25) is 0 Å². The normalized spacial score (nSPS) is 25.4. The molecule has 182 valence electrons. The van der Waals surface area contributed by atoms with Gasteiger partial charge >= 0.3 is 5.97 Å². The molecule has 10 nitrogen and oxygen atoms in total. The van der Waals surface area contributed by atoms with Crippen LogP contribution in [0.25, 0.3) is 0 Å². The Hall–Kier alpha value is -4.08. The number of fused-ring (bicyclic) bond motifs is 2. The molecular formula is C25H26N4O6. The third kappa shape index (κ3) is 3.48. The van der Waals surface area contributed by atoms with Crippen molar-refractivity contribution in [2.45, 2.75) is 33.6 Å². The molecule has 2 atom stereocenters. The van der Waals surface area contributed by atoms with Gasteiger partial charge in [-0.05, 0) is 54.7 Å². The number of carbonyl (C=O) groups excluding carboxylic acids is 3. The van der Waals surface area contributed by atoms with Crippen molar-refractivity contribution in [3.63, 3.8) is 0 Å². The van der Waals surface area contributed by atoms with Crippen molar-refractivity contribution in [1.29, 1.82) is 0 Å². The van der Waals surface area contributed by atoms with Gasteiger partial charge in [-0.25, -0.2) is 4.79 Å². The highest BCUT2D eigenvalue weighted by Crippen LogP contribution is 2.69. The number of rotatable bonds is 6. The molecule has 0 saturated heterocycles. The first kappa shape index (κ1) is 24.1. The molecule has 2 bridgehead atoms. The van der Waals surface area contributed by atoms with Crippen LogP contribution in [0.5, 0.6) is 0 Å². The molecule has 0 spiro atoms. The molecule has 0 radical (unpaired) electrons. The summed E-state index contributed by atoms with van der Waals surface area (Å²) < 4.78 is 4.69. The lowest BCUT2D eigenvalue weighted by Crippen LogP contribution is -2.47. The van der Waals surface area contributed by atoms with E-state index >= 15 is 0 Å². The number of ketones is 1. The number of ether oxygens (including phenoxy) is 1. The minimum atomic E-state index is -1.31. The van der Waals surface area contributed by atoms with Crippen LogP contribution in [-0.2, 0) is 14.3 Å². The number of Topliss-reactive ketones (excluding diaryl/α,β-unsaturated/α-hetero) is 1. The van der Waals surface area contributed by atoms with Crippen LogP contribution in [0.4, 0.5) is 17.1 Å². The average Bonchev–Trinajstić information content (AvgIpc) is 3.12. The second kappa shape index (κ2) is 8.30. The number of anilines is 2. The number of non-ortho nitro benzene ring substituents is 1. The molecule has 0 aromatic heterocycles. The first-order chi connectivity index (χ1) is 16.5. The Morgan fingerprint density at radius 3 is 2.17 bits per heavy atom. The van der Waals surface area contributed by atoms with E-state index in [4.69, 9.17) is 4.74 Å². The summed E-state index contributed by atoms with van der Waals surface area (Å²) in [6.07, 6.45) is 0.985. The Bertz CT molecular complexity index is 1250. The summed E-state index contributed by atoms with van der Waals surface area (Å²) in [7, 11) is 1.29. The van der Waals surface area contributed by atoms with Crippen LogP contribution < -0.4 is 10.7 Å². The quantitative estimate of drug-likeness (QED) is 0.275. The maximum atomic E-state index is 13.7. The van der Waals surface area contributed by atoms with Crippen LogP contribution in [0.1, 0.15) is 44.0 Å². The lowest BCUT2D eigenvalue weighted by atomic mass is 9.64. The Balaban J connectivity index is 1.61. The largest absolute Gasteiger partial charge is 0.465 e. The third-order valence-electron chi connectivity index (χ3n) is 7.90. The number of hydrazone groups is 1. The molecule has 35 heavy (non-hydrogen) atoms. The standard InChI is InChI=1S/C25H26N4O6/c1-23(2)24(3)13-14-25(23,22(32)26-16-7-5-15(6-8-16)21(31)35-4)20(30)19(24)28-27-17-9-11-18(12-10-17)29(33)34/h5-12,27H,13-14H2,1-4H3,(H,26,32)/b28-19+. The van der Waals surface area contributed by atoms with Gasteiger partial charge < -0.3 is 10.1 Å². The SMILES string of the molecule is COC(=O)c1ccc(NC(=O)C23CCC(C)(/C(=N/Nc4ccc([N+](=O)[O-])cc4)C2=O)C3(C)C)cc1. The van der Waals surface area contributed by atoms with Gasteiger partial charge in [-0.15, -0.1) is 0 Å². The highest BCUT2D eigenvalue weighted by Gasteiger charge is 2.76. The number of nitrogens with one attached hydrogen (secondary N) is 2. The third-order valence-corrected chi connectivity index (χ3v) is 7.90. The molecule has 2 N–H and O–H groups in total. The number of nitrogens with zero attached hydrogens (tertiary/aromatic N) is 2. The van der Waals surface area contributed by atoms with Gasteiger partial charge in [-0.2, -0.15) is 5.10 Å². The lowest BCUT2D eigenvalue weighted by molar-refractivity contribution is -0.384. The number of nitro benzene ring substituents is 1. The minimum Gasteiger partial charge on any atom is -0.465 e. The molecule has 2 aromatic rings. The van der Waals surface area contributed by atoms with E-state index in [1.165, 1.54) is 31.4 Å². The van der Waals surface area contributed by atoms with E-state index < -0.39 is 33.0 Å². The zero-order valence-electron chi connectivity index (χ0n) is 19.9. The summed E-state index contributed by atoms with van der Waals surface area (Å²) in [5.74, 6) is -1.24. The predicted octanol–water partition coefficient (Wildman–Crippen LogP) is 4.18. The van der Waals surface area contributed by atoms with Crippen molar-refractivity contribution in [3.8, 4) is 0 Å². The summed E-state index contributed by atoms with van der Waals surface area (Å²) in [6, 6.07) is 12.0. The Morgan fingerprint density at radius 2 is 1.60 bits per heavy atom. The number of carbonyl (C=O) groups is 3. The molecule has 4 rings (SSSR count). The Labute approximate surface area is 201 Å². The molecule has 2 aliphatic rings. The lowest BCUT2D eigenvalue weighted by Gasteiger charge is -2.37. The minimum absolute atomic E-state index is 0.0532. The number of hydrogen-bond donors (Lipinski definition) is 2. The number of methoxy groups -OCH3 is 1. The van der Waals surface area contributed by atoms with Crippen molar-refractivity contribution < 1.29 is 24.0 Å². The van der Waals surface area contributed by atoms with E-state index in [1.54, 1.807) is 24.3 Å². The molecule has 2 fully saturated rings. The second-order valence-corrected chi connectivity index (χ2v) is 9.59. The summed E-state index contributed by atoms with van der Waals surface area (Å²) in [5.41, 5.74) is 1.68. The van der Waals surface area contributed by atoms with Crippen molar-refractivity contribution in [2.75, 3.05) is 17.9 Å². The van der Waals surface area contributed by atoms with Crippen molar-refractivity contribution >= 4 is 40.4 Å². The molecule has 2 aliphatic carbocycles. The van der Waals surface area contributed by atoms with E-state index in [0.717, 1.165) is 0 Å². The number of benzene rings is 2. The van der Waals surface area contributed by atoms with E-state index in [-0.39, 0.29) is 17.2 Å². The predicted molar refractivity (Wildman–Crippen MR) is 129 cm³/mol. The molecular weight excluding hydrogens is 452 g/mol. The topological polar surface area (TPSA) is 140 Å². The molecule has 0 aliphatic heterocycles. The van der Waals surface area contributed by atoms with Crippen LogP contribution in [-0.4, -0.2) is 35.4 Å². The average molecular weight is 479 g/mol. The second-order valence-electron chi connectivity index (χ2n) is 9.59. The van der Waals surface area contributed by atoms with Crippen molar-refractivity contribution in [2.24, 2.45) is 21.3 Å². The van der Waals surface area contributed by atoms with Crippen LogP contribution >= 0.6 is 0 Å². The van der Waals surface area contributed by atoms with E-state index in [0.29, 0.717) is 29.8 Å². The molecule has 10 heteroatoms. The van der Waals surface area contributed by atoms with Crippen LogP contribution in [0.15, 0.2) is 53.6 Å². The molecule has 2 unspecified atom stereocenters. The summed E-state index contributed by atoms with van der Waals surface area (Å²) in [4.78, 5) is 49.3.